The number of aliphatic carboxylic acids is 1. The Bertz CT molecular complexity index is 567. The molecule has 0 radical (unpaired) electrons. The highest BCUT2D eigenvalue weighted by atomic mass is 35.5. The van der Waals surface area contributed by atoms with Gasteiger partial charge in [0.25, 0.3) is 0 Å². The molecule has 2 amide bonds. The zero-order chi connectivity index (χ0) is 16.0. The van der Waals surface area contributed by atoms with Crippen molar-refractivity contribution in [3.63, 3.8) is 0 Å². The van der Waals surface area contributed by atoms with Gasteiger partial charge >= 0.3 is 18.0 Å². The summed E-state index contributed by atoms with van der Waals surface area (Å²) >= 11 is 5.65. The third-order valence-electron chi connectivity index (χ3n) is 2.38. The van der Waals surface area contributed by atoms with E-state index in [1.165, 1.54) is 6.07 Å². The highest BCUT2D eigenvalue weighted by Crippen LogP contribution is 2.19. The second-order valence-corrected chi connectivity index (χ2v) is 4.33. The lowest BCUT2D eigenvalue weighted by atomic mass is 10.2. The van der Waals surface area contributed by atoms with Crippen molar-refractivity contribution in [3.8, 4) is 0 Å². The van der Waals surface area contributed by atoms with Gasteiger partial charge in [0, 0.05) is 5.02 Å². The first-order valence-electron chi connectivity index (χ1n) is 5.65. The maximum absolute atomic E-state index is 13.4. The third-order valence-corrected chi connectivity index (χ3v) is 2.61. The van der Waals surface area contributed by atoms with Gasteiger partial charge in [-0.2, -0.15) is 0 Å². The van der Waals surface area contributed by atoms with Crippen LogP contribution in [0.25, 0.3) is 0 Å². The Labute approximate surface area is 124 Å². The number of carboxylic acids is 1. The first-order valence-corrected chi connectivity index (χ1v) is 6.03. The number of urea groups is 1. The molecule has 0 aliphatic heterocycles. The summed E-state index contributed by atoms with van der Waals surface area (Å²) in [6, 6.07) is 0.998. The molecule has 0 aromatic heterocycles. The Kier molecular flexibility index (Phi) is 5.92. The number of rotatable bonds is 5. The summed E-state index contributed by atoms with van der Waals surface area (Å²) in [5.74, 6) is -2.98. The molecule has 114 valence electrons. The molecule has 3 N–H and O–H groups in total. The summed E-state index contributed by atoms with van der Waals surface area (Å²) < 4.78 is 17.7. The molecule has 0 heterocycles. The number of carbonyl (C=O) groups excluding carboxylic acids is 2. The number of benzene rings is 1. The van der Waals surface area contributed by atoms with E-state index < -0.39 is 36.2 Å². The van der Waals surface area contributed by atoms with Crippen LogP contribution in [0.5, 0.6) is 0 Å². The number of amides is 2. The topological polar surface area (TPSA) is 105 Å². The van der Waals surface area contributed by atoms with Crippen LogP contribution in [0.2, 0.25) is 5.02 Å². The summed E-state index contributed by atoms with van der Waals surface area (Å²) in [5.41, 5.74) is -0.220. The molecule has 7 nitrogen and oxygen atoms in total. The number of hydrogen-bond acceptors (Lipinski definition) is 4. The molecule has 21 heavy (non-hydrogen) atoms. The number of carbonyl (C=O) groups is 3. The minimum atomic E-state index is -1.50. The molecule has 1 rings (SSSR count). The van der Waals surface area contributed by atoms with E-state index in [4.69, 9.17) is 16.7 Å². The quantitative estimate of drug-likeness (QED) is 0.715. The summed E-state index contributed by atoms with van der Waals surface area (Å²) in [6.07, 6.45) is -0.558. The number of hydrogen-bond donors (Lipinski definition) is 3. The van der Waals surface area contributed by atoms with E-state index in [-0.39, 0.29) is 10.7 Å². The van der Waals surface area contributed by atoms with Crippen LogP contribution in [-0.4, -0.2) is 36.2 Å². The molecular weight excluding hydrogens is 307 g/mol. The molecule has 0 unspecified atom stereocenters. The van der Waals surface area contributed by atoms with Gasteiger partial charge in [-0.3, -0.25) is 4.79 Å². The van der Waals surface area contributed by atoms with E-state index in [0.717, 1.165) is 19.2 Å². The van der Waals surface area contributed by atoms with Crippen LogP contribution in [0.3, 0.4) is 0 Å². The Morgan fingerprint density at radius 3 is 2.67 bits per heavy atom. The lowest BCUT2D eigenvalue weighted by Crippen LogP contribution is -2.44. The molecule has 0 fully saturated rings. The van der Waals surface area contributed by atoms with Gasteiger partial charge in [-0.1, -0.05) is 11.6 Å². The summed E-state index contributed by atoms with van der Waals surface area (Å²) in [5, 5.41) is 13.2. The van der Waals surface area contributed by atoms with Crippen molar-refractivity contribution in [2.45, 2.75) is 12.5 Å². The normalized spacial score (nSPS) is 11.4. The van der Waals surface area contributed by atoms with Crippen LogP contribution in [0.1, 0.15) is 6.42 Å². The van der Waals surface area contributed by atoms with Crippen LogP contribution in [0.4, 0.5) is 14.9 Å². The van der Waals surface area contributed by atoms with Gasteiger partial charge in [-0.05, 0) is 18.2 Å². The molecule has 9 heteroatoms. The second-order valence-electron chi connectivity index (χ2n) is 3.89. The van der Waals surface area contributed by atoms with Crippen molar-refractivity contribution in [1.82, 2.24) is 5.32 Å². The fourth-order valence-electron chi connectivity index (χ4n) is 1.36. The average Bonchev–Trinajstić information content (AvgIpc) is 2.41. The van der Waals surface area contributed by atoms with Crippen molar-refractivity contribution in [1.29, 1.82) is 0 Å². The van der Waals surface area contributed by atoms with Crippen molar-refractivity contribution in [2.24, 2.45) is 0 Å². The number of carboxylic acid groups (broad SMARTS) is 1. The van der Waals surface area contributed by atoms with Gasteiger partial charge in [-0.15, -0.1) is 0 Å². The molecule has 1 aromatic carbocycles. The number of esters is 1. The van der Waals surface area contributed by atoms with Gasteiger partial charge in [0.1, 0.15) is 11.9 Å². The monoisotopic (exact) mass is 318 g/mol. The highest BCUT2D eigenvalue weighted by Gasteiger charge is 2.24. The van der Waals surface area contributed by atoms with Gasteiger partial charge < -0.3 is 20.5 Å². The van der Waals surface area contributed by atoms with Crippen molar-refractivity contribution in [2.75, 3.05) is 12.4 Å². The van der Waals surface area contributed by atoms with Gasteiger partial charge in [0.05, 0.1) is 19.2 Å². The van der Waals surface area contributed by atoms with E-state index >= 15 is 0 Å². The van der Waals surface area contributed by atoms with E-state index in [1.54, 1.807) is 0 Å². The molecule has 1 aromatic rings. The number of nitrogens with one attached hydrogen (secondary N) is 2. The first-order chi connectivity index (χ1) is 9.83. The number of halogens is 2. The Morgan fingerprint density at radius 2 is 2.10 bits per heavy atom. The van der Waals surface area contributed by atoms with Gasteiger partial charge in [0.2, 0.25) is 0 Å². The molecule has 0 aliphatic rings. The fourth-order valence-corrected chi connectivity index (χ4v) is 1.53. The predicted molar refractivity (Wildman–Crippen MR) is 71.6 cm³/mol. The van der Waals surface area contributed by atoms with Crippen molar-refractivity contribution in [3.05, 3.63) is 29.0 Å². The van der Waals surface area contributed by atoms with Gasteiger partial charge in [0.15, 0.2) is 0 Å². The highest BCUT2D eigenvalue weighted by molar-refractivity contribution is 6.30. The first kappa shape index (κ1) is 16.7. The molecule has 0 spiro atoms. The summed E-state index contributed by atoms with van der Waals surface area (Å²) in [7, 11) is 1.09. The molecule has 0 aliphatic carbocycles. The molecule has 0 saturated carbocycles. The third kappa shape index (κ3) is 5.27. The van der Waals surface area contributed by atoms with E-state index in [0.29, 0.717) is 0 Å². The molecular formula is C12H12ClFN2O5. The Hall–Kier alpha value is -2.35. The zero-order valence-electron chi connectivity index (χ0n) is 10.9. The Morgan fingerprint density at radius 1 is 1.43 bits per heavy atom. The van der Waals surface area contributed by atoms with E-state index in [1.807, 2.05) is 5.32 Å². The smallest absolute Gasteiger partial charge is 0.326 e. The average molecular weight is 319 g/mol. The van der Waals surface area contributed by atoms with Crippen molar-refractivity contribution < 1.29 is 28.6 Å². The van der Waals surface area contributed by atoms with E-state index in [9.17, 15) is 18.8 Å². The number of anilines is 1. The predicted octanol–water partition coefficient (Wildman–Crippen LogP) is 1.62. The van der Waals surface area contributed by atoms with Crippen LogP contribution >= 0.6 is 11.6 Å². The van der Waals surface area contributed by atoms with Crippen LogP contribution in [0, 0.1) is 5.82 Å². The SMILES string of the molecule is COC(=O)C[C@H](NC(=O)Nc1cc(Cl)ccc1F)C(=O)O. The molecule has 0 saturated heterocycles. The summed E-state index contributed by atoms with van der Waals surface area (Å²) in [6.45, 7) is 0. The second kappa shape index (κ2) is 7.44. The molecule has 1 atom stereocenters. The largest absolute Gasteiger partial charge is 0.480 e. The minimum Gasteiger partial charge on any atom is -0.480 e. The van der Waals surface area contributed by atoms with E-state index in [2.05, 4.69) is 10.1 Å². The zero-order valence-corrected chi connectivity index (χ0v) is 11.6. The van der Waals surface area contributed by atoms with Crippen LogP contribution < -0.4 is 10.6 Å². The lowest BCUT2D eigenvalue weighted by Gasteiger charge is -2.14. The van der Waals surface area contributed by atoms with Crippen molar-refractivity contribution >= 4 is 35.3 Å². The lowest BCUT2D eigenvalue weighted by molar-refractivity contribution is -0.147. The number of methoxy groups -OCH3 is 1. The molecule has 0 bridgehead atoms. The number of ether oxygens (including phenoxy) is 1. The minimum absolute atomic E-state index is 0.191. The maximum atomic E-state index is 13.4. The van der Waals surface area contributed by atoms with Crippen LogP contribution in [-0.2, 0) is 14.3 Å². The maximum Gasteiger partial charge on any atom is 0.326 e. The summed E-state index contributed by atoms with van der Waals surface area (Å²) in [4.78, 5) is 33.6. The fraction of sp³-hybridized carbons (Fsp3) is 0.250. The van der Waals surface area contributed by atoms with Gasteiger partial charge in [-0.25, -0.2) is 14.0 Å². The standard InChI is InChI=1S/C12H12ClFN2O5/c1-21-10(17)5-9(11(18)19)16-12(20)15-8-4-6(13)2-3-7(8)14/h2-4,9H,5H2,1H3,(H,18,19)(H2,15,16,20)/t9-/m0/s1. The van der Waals surface area contributed by atoms with Crippen LogP contribution in [0.15, 0.2) is 18.2 Å². The Balaban J connectivity index is 2.72.